The van der Waals surface area contributed by atoms with E-state index in [2.05, 4.69) is 27.4 Å². The first kappa shape index (κ1) is 8.58. The van der Waals surface area contributed by atoms with Crippen molar-refractivity contribution in [1.29, 1.82) is 0 Å². The van der Waals surface area contributed by atoms with Crippen molar-refractivity contribution >= 4 is 0 Å². The molecule has 0 aromatic carbocycles. The van der Waals surface area contributed by atoms with E-state index in [0.29, 0.717) is 5.92 Å². The normalized spacial score (nSPS) is 23.1. The van der Waals surface area contributed by atoms with E-state index in [1.165, 1.54) is 24.8 Å². The predicted molar refractivity (Wildman–Crippen MR) is 50.5 cm³/mol. The Balaban J connectivity index is 2.85. The first-order valence-corrected chi connectivity index (χ1v) is 4.50. The third kappa shape index (κ3) is 1.74. The molecule has 0 N–H and O–H groups in total. The molecule has 0 aromatic heterocycles. The first-order valence-electron chi connectivity index (χ1n) is 4.50. The molecule has 0 unspecified atom stereocenters. The second-order valence-electron chi connectivity index (χ2n) is 3.77. The van der Waals surface area contributed by atoms with Gasteiger partial charge in [0.2, 0.25) is 0 Å². The summed E-state index contributed by atoms with van der Waals surface area (Å²) in [7, 11) is 0. The van der Waals surface area contributed by atoms with E-state index < -0.39 is 0 Å². The van der Waals surface area contributed by atoms with E-state index in [4.69, 9.17) is 0 Å². The van der Waals surface area contributed by atoms with Gasteiger partial charge in [0, 0.05) is 0 Å². The Bertz CT molecular complexity index is 194. The quantitative estimate of drug-likeness (QED) is 0.534. The maximum atomic E-state index is 4.08. The number of allylic oxidation sites excluding steroid dienone is 3. The van der Waals surface area contributed by atoms with E-state index in [0.717, 1.165) is 0 Å². The highest BCUT2D eigenvalue weighted by Gasteiger charge is 2.14. The molecule has 0 radical (unpaired) electrons. The molecule has 0 nitrogen and oxygen atoms in total. The molecule has 0 heterocycles. The van der Waals surface area contributed by atoms with E-state index in [-0.39, 0.29) is 0 Å². The fourth-order valence-electron chi connectivity index (χ4n) is 1.63. The van der Waals surface area contributed by atoms with Gasteiger partial charge in [-0.05, 0) is 37.7 Å². The van der Waals surface area contributed by atoms with Gasteiger partial charge in [-0.2, -0.15) is 0 Å². The van der Waals surface area contributed by atoms with Crippen molar-refractivity contribution in [1.82, 2.24) is 0 Å². The molecular formula is C11H18. The summed E-state index contributed by atoms with van der Waals surface area (Å²) in [4.78, 5) is 0. The van der Waals surface area contributed by atoms with E-state index in [9.17, 15) is 0 Å². The molecule has 0 saturated heterocycles. The van der Waals surface area contributed by atoms with Crippen LogP contribution in [-0.4, -0.2) is 0 Å². The molecule has 1 aliphatic rings. The third-order valence-electron chi connectivity index (χ3n) is 2.67. The minimum absolute atomic E-state index is 0.694. The molecular weight excluding hydrogens is 132 g/mol. The van der Waals surface area contributed by atoms with E-state index >= 15 is 0 Å². The Hall–Kier alpha value is -0.520. The van der Waals surface area contributed by atoms with Crippen molar-refractivity contribution in [3.05, 3.63) is 23.3 Å². The lowest BCUT2D eigenvalue weighted by molar-refractivity contribution is 0.753. The Labute approximate surface area is 70.0 Å². The number of rotatable bonds is 1. The maximum absolute atomic E-state index is 4.08. The maximum Gasteiger partial charge on any atom is -0.0257 e. The van der Waals surface area contributed by atoms with Gasteiger partial charge in [0.05, 0.1) is 0 Å². The largest absolute Gasteiger partial charge is 0.0956 e. The van der Waals surface area contributed by atoms with Crippen LogP contribution in [0.5, 0.6) is 0 Å². The molecule has 0 aromatic rings. The summed E-state index contributed by atoms with van der Waals surface area (Å²) in [6.45, 7) is 10.8. The van der Waals surface area contributed by atoms with Gasteiger partial charge in [-0.3, -0.25) is 0 Å². The van der Waals surface area contributed by atoms with Crippen LogP contribution >= 0.6 is 0 Å². The summed E-state index contributed by atoms with van der Waals surface area (Å²) in [6.07, 6.45) is 3.81. The van der Waals surface area contributed by atoms with Crippen LogP contribution in [0.3, 0.4) is 0 Å². The van der Waals surface area contributed by atoms with Gasteiger partial charge in [0.15, 0.2) is 0 Å². The molecule has 1 rings (SSSR count). The molecule has 1 fully saturated rings. The van der Waals surface area contributed by atoms with Gasteiger partial charge in [-0.1, -0.05) is 31.6 Å². The molecule has 1 aliphatic carbocycles. The topological polar surface area (TPSA) is 0 Å². The second-order valence-corrected chi connectivity index (χ2v) is 3.77. The molecule has 0 atom stereocenters. The van der Waals surface area contributed by atoms with Gasteiger partial charge >= 0.3 is 0 Å². The lowest BCUT2D eigenvalue weighted by Gasteiger charge is -2.10. The molecule has 1 saturated carbocycles. The Kier molecular flexibility index (Phi) is 2.53. The van der Waals surface area contributed by atoms with Gasteiger partial charge in [-0.25, -0.2) is 0 Å². The van der Waals surface area contributed by atoms with E-state index in [1.54, 1.807) is 11.1 Å². The SMILES string of the molecule is C=C1CCC/C1=C(/C)C(C)C. The monoisotopic (exact) mass is 150 g/mol. The van der Waals surface area contributed by atoms with Crippen LogP contribution in [0.2, 0.25) is 0 Å². The predicted octanol–water partition coefficient (Wildman–Crippen LogP) is 3.70. The highest BCUT2D eigenvalue weighted by molar-refractivity contribution is 5.36. The third-order valence-corrected chi connectivity index (χ3v) is 2.67. The van der Waals surface area contributed by atoms with Crippen molar-refractivity contribution in [2.45, 2.75) is 40.0 Å². The molecule has 0 aliphatic heterocycles. The number of hydrogen-bond donors (Lipinski definition) is 0. The summed E-state index contributed by atoms with van der Waals surface area (Å²) >= 11 is 0. The number of hydrogen-bond acceptors (Lipinski definition) is 0. The molecule has 0 amide bonds. The van der Waals surface area contributed by atoms with Crippen LogP contribution in [0.25, 0.3) is 0 Å². The van der Waals surface area contributed by atoms with Crippen molar-refractivity contribution in [2.24, 2.45) is 5.92 Å². The fourth-order valence-corrected chi connectivity index (χ4v) is 1.63. The van der Waals surface area contributed by atoms with Crippen molar-refractivity contribution in [2.75, 3.05) is 0 Å². The van der Waals surface area contributed by atoms with Crippen molar-refractivity contribution in [3.8, 4) is 0 Å². The molecule has 0 bridgehead atoms. The van der Waals surface area contributed by atoms with Crippen LogP contribution in [0, 0.1) is 5.92 Å². The average molecular weight is 150 g/mol. The summed E-state index contributed by atoms with van der Waals surface area (Å²) < 4.78 is 0. The Morgan fingerprint density at radius 2 is 2.00 bits per heavy atom. The van der Waals surface area contributed by atoms with E-state index in [1.807, 2.05) is 0 Å². The second kappa shape index (κ2) is 3.25. The molecule has 0 spiro atoms. The van der Waals surface area contributed by atoms with Gasteiger partial charge in [-0.15, -0.1) is 0 Å². The van der Waals surface area contributed by atoms with Crippen molar-refractivity contribution < 1.29 is 0 Å². The summed E-state index contributed by atoms with van der Waals surface area (Å²) in [5.74, 6) is 0.694. The molecule has 62 valence electrons. The van der Waals surface area contributed by atoms with Crippen LogP contribution in [0.15, 0.2) is 23.3 Å². The lowest BCUT2D eigenvalue weighted by Crippen LogP contribution is -1.93. The standard InChI is InChI=1S/C11H18/c1-8(2)10(4)11-7-5-6-9(11)3/h8H,3,5-7H2,1-2,4H3/b11-10+. The van der Waals surface area contributed by atoms with Gasteiger partial charge in [0.25, 0.3) is 0 Å². The van der Waals surface area contributed by atoms with Gasteiger partial charge in [0.1, 0.15) is 0 Å². The fraction of sp³-hybridized carbons (Fsp3) is 0.636. The zero-order valence-electron chi connectivity index (χ0n) is 7.91. The zero-order chi connectivity index (χ0) is 8.43. The van der Waals surface area contributed by atoms with Crippen LogP contribution < -0.4 is 0 Å². The van der Waals surface area contributed by atoms with Crippen LogP contribution in [0.1, 0.15) is 40.0 Å². The highest BCUT2D eigenvalue weighted by Crippen LogP contribution is 2.33. The summed E-state index contributed by atoms with van der Waals surface area (Å²) in [5, 5.41) is 0. The molecule has 0 heteroatoms. The summed E-state index contributed by atoms with van der Waals surface area (Å²) in [6, 6.07) is 0. The molecule has 11 heavy (non-hydrogen) atoms. The zero-order valence-corrected chi connectivity index (χ0v) is 7.91. The Morgan fingerprint density at radius 3 is 2.36 bits per heavy atom. The summed E-state index contributed by atoms with van der Waals surface area (Å²) in [5.41, 5.74) is 4.49. The van der Waals surface area contributed by atoms with Crippen LogP contribution in [0.4, 0.5) is 0 Å². The smallest absolute Gasteiger partial charge is 0.0257 e. The van der Waals surface area contributed by atoms with Gasteiger partial charge < -0.3 is 0 Å². The minimum Gasteiger partial charge on any atom is -0.0956 e. The lowest BCUT2D eigenvalue weighted by atomic mass is 9.96. The first-order chi connectivity index (χ1) is 5.13. The Morgan fingerprint density at radius 1 is 1.36 bits per heavy atom. The average Bonchev–Trinajstić information content (AvgIpc) is 2.33. The van der Waals surface area contributed by atoms with Crippen LogP contribution in [-0.2, 0) is 0 Å². The minimum atomic E-state index is 0.694. The van der Waals surface area contributed by atoms with Crippen molar-refractivity contribution in [3.63, 3.8) is 0 Å². The highest BCUT2D eigenvalue weighted by atomic mass is 14.2.